The van der Waals surface area contributed by atoms with E-state index < -0.39 is 11.7 Å². The number of nitrogens with one attached hydrogen (secondary N) is 3. The van der Waals surface area contributed by atoms with Gasteiger partial charge in [0.1, 0.15) is 23.8 Å². The zero-order valence-electron chi connectivity index (χ0n) is 10.3. The largest absolute Gasteiger partial charge is 0.372 e. The molecular weight excluding hydrogens is 251 g/mol. The molecule has 1 amide bonds. The zero-order chi connectivity index (χ0) is 13.7. The van der Waals surface area contributed by atoms with Crippen LogP contribution in [0.5, 0.6) is 0 Å². The Bertz CT molecular complexity index is 556. The number of carbonyl (C=O) groups is 1. The Morgan fingerprint density at radius 2 is 2.32 bits per heavy atom. The van der Waals surface area contributed by atoms with E-state index in [1.807, 2.05) is 0 Å². The molecule has 0 fully saturated rings. The molecule has 7 nitrogen and oxygen atoms in total. The number of amides is 1. The van der Waals surface area contributed by atoms with Crippen molar-refractivity contribution >= 4 is 11.7 Å². The predicted molar refractivity (Wildman–Crippen MR) is 66.2 cm³/mol. The number of nitrogens with zero attached hydrogens (tertiary/aromatic N) is 3. The molecule has 0 aromatic carbocycles. The molecule has 0 aliphatic rings. The minimum absolute atomic E-state index is 0.167. The number of hydrogen-bond donors (Lipinski definition) is 3. The molecule has 0 bridgehead atoms. The third-order valence-electron chi connectivity index (χ3n) is 2.45. The third kappa shape index (κ3) is 3.24. The van der Waals surface area contributed by atoms with Gasteiger partial charge in [0.05, 0.1) is 11.8 Å². The highest BCUT2D eigenvalue weighted by molar-refractivity contribution is 5.98. The summed E-state index contributed by atoms with van der Waals surface area (Å²) in [5, 5.41) is 11.8. The van der Waals surface area contributed by atoms with Crippen LogP contribution < -0.4 is 10.6 Å². The maximum Gasteiger partial charge on any atom is 0.255 e. The van der Waals surface area contributed by atoms with Crippen molar-refractivity contribution in [2.24, 2.45) is 0 Å². The Kier molecular flexibility index (Phi) is 4.01. The van der Waals surface area contributed by atoms with Gasteiger partial charge in [0.15, 0.2) is 0 Å². The Morgan fingerprint density at radius 3 is 3.00 bits per heavy atom. The highest BCUT2D eigenvalue weighted by Crippen LogP contribution is 2.12. The average Bonchev–Trinajstić information content (AvgIpc) is 2.91. The summed E-state index contributed by atoms with van der Waals surface area (Å²) < 4.78 is 13.1. The van der Waals surface area contributed by atoms with Gasteiger partial charge in [0.2, 0.25) is 0 Å². The first-order valence-corrected chi connectivity index (χ1v) is 5.66. The van der Waals surface area contributed by atoms with Crippen LogP contribution in [0.2, 0.25) is 0 Å². The van der Waals surface area contributed by atoms with Gasteiger partial charge in [-0.3, -0.25) is 9.89 Å². The van der Waals surface area contributed by atoms with Gasteiger partial charge < -0.3 is 10.6 Å². The minimum atomic E-state index is -0.556. The van der Waals surface area contributed by atoms with E-state index in [4.69, 9.17) is 0 Å². The fraction of sp³-hybridized carbons (Fsp3) is 0.273. The van der Waals surface area contributed by atoms with Crippen LogP contribution in [-0.4, -0.2) is 39.7 Å². The number of aromatic nitrogens is 4. The van der Waals surface area contributed by atoms with E-state index in [0.717, 1.165) is 12.3 Å². The van der Waals surface area contributed by atoms with Crippen molar-refractivity contribution < 1.29 is 9.18 Å². The topological polar surface area (TPSA) is 95.6 Å². The summed E-state index contributed by atoms with van der Waals surface area (Å²) >= 11 is 0. The normalized spacial score (nSPS) is 10.2. The van der Waals surface area contributed by atoms with Crippen molar-refractivity contribution in [2.75, 3.05) is 18.9 Å². The molecular formula is C11H13FN6O. The molecule has 2 aromatic heterocycles. The Morgan fingerprint density at radius 1 is 1.47 bits per heavy atom. The van der Waals surface area contributed by atoms with Gasteiger partial charge in [-0.15, -0.1) is 0 Å². The second-order valence-electron chi connectivity index (χ2n) is 3.74. The molecule has 19 heavy (non-hydrogen) atoms. The fourth-order valence-corrected chi connectivity index (χ4v) is 1.55. The molecule has 8 heteroatoms. The third-order valence-corrected chi connectivity index (χ3v) is 2.45. The van der Waals surface area contributed by atoms with Gasteiger partial charge in [-0.25, -0.2) is 14.4 Å². The summed E-state index contributed by atoms with van der Waals surface area (Å²) in [5.41, 5.74) is 0.167. The number of pyridine rings is 1. The quantitative estimate of drug-likeness (QED) is 0.724. The predicted octanol–water partition coefficient (Wildman–Crippen LogP) is 0.353. The molecule has 0 saturated heterocycles. The summed E-state index contributed by atoms with van der Waals surface area (Å²) in [6, 6.07) is 1.14. The molecule has 100 valence electrons. The molecule has 0 atom stereocenters. The van der Waals surface area contributed by atoms with Gasteiger partial charge in [-0.1, -0.05) is 0 Å². The lowest BCUT2D eigenvalue weighted by atomic mass is 10.2. The monoisotopic (exact) mass is 264 g/mol. The smallest absolute Gasteiger partial charge is 0.255 e. The van der Waals surface area contributed by atoms with Crippen molar-refractivity contribution in [3.8, 4) is 0 Å². The Balaban J connectivity index is 1.97. The van der Waals surface area contributed by atoms with Crippen LogP contribution >= 0.6 is 0 Å². The molecule has 3 N–H and O–H groups in total. The van der Waals surface area contributed by atoms with Crippen molar-refractivity contribution in [1.82, 2.24) is 25.5 Å². The van der Waals surface area contributed by atoms with Crippen molar-refractivity contribution in [1.29, 1.82) is 0 Å². The van der Waals surface area contributed by atoms with E-state index in [-0.39, 0.29) is 5.56 Å². The van der Waals surface area contributed by atoms with Crippen LogP contribution in [0, 0.1) is 5.82 Å². The van der Waals surface area contributed by atoms with Crippen LogP contribution in [0.3, 0.4) is 0 Å². The lowest BCUT2D eigenvalue weighted by Gasteiger charge is -2.08. The summed E-state index contributed by atoms with van der Waals surface area (Å²) in [4.78, 5) is 19.6. The van der Waals surface area contributed by atoms with Crippen molar-refractivity contribution in [2.45, 2.75) is 6.42 Å². The number of anilines is 1. The van der Waals surface area contributed by atoms with E-state index in [1.54, 1.807) is 7.05 Å². The van der Waals surface area contributed by atoms with Crippen LogP contribution in [0.4, 0.5) is 10.2 Å². The minimum Gasteiger partial charge on any atom is -0.372 e. The van der Waals surface area contributed by atoms with Gasteiger partial charge in [-0.2, -0.15) is 5.10 Å². The number of rotatable bonds is 5. The van der Waals surface area contributed by atoms with Gasteiger partial charge in [-0.05, 0) is 6.07 Å². The molecule has 2 aromatic rings. The highest BCUT2D eigenvalue weighted by atomic mass is 19.1. The summed E-state index contributed by atoms with van der Waals surface area (Å²) in [5.74, 6) is 0.0559. The van der Waals surface area contributed by atoms with Crippen LogP contribution in [0.15, 0.2) is 18.6 Å². The van der Waals surface area contributed by atoms with E-state index >= 15 is 0 Å². The zero-order valence-corrected chi connectivity index (χ0v) is 10.3. The summed E-state index contributed by atoms with van der Waals surface area (Å²) in [7, 11) is 1.62. The first-order valence-electron chi connectivity index (χ1n) is 5.66. The summed E-state index contributed by atoms with van der Waals surface area (Å²) in [6.07, 6.45) is 2.97. The maximum absolute atomic E-state index is 13.1. The lowest BCUT2D eigenvalue weighted by molar-refractivity contribution is 0.0954. The number of H-pyrrole nitrogens is 1. The standard InChI is InChI=1S/C11H13FN6O/c1-13-10-8(4-7(12)5-15-10)11(19)14-3-2-9-16-6-17-18-9/h4-6H,2-3H2,1H3,(H,13,15)(H,14,19)(H,16,17,18). The van der Waals surface area contributed by atoms with E-state index in [2.05, 4.69) is 30.8 Å². The maximum atomic E-state index is 13.1. The van der Waals surface area contributed by atoms with Crippen molar-refractivity contribution in [3.05, 3.63) is 35.8 Å². The number of halogens is 1. The van der Waals surface area contributed by atoms with Gasteiger partial charge in [0, 0.05) is 20.0 Å². The highest BCUT2D eigenvalue weighted by Gasteiger charge is 2.12. The fourth-order valence-electron chi connectivity index (χ4n) is 1.55. The van der Waals surface area contributed by atoms with E-state index in [9.17, 15) is 9.18 Å². The van der Waals surface area contributed by atoms with E-state index in [0.29, 0.717) is 24.6 Å². The Labute approximate surface area is 108 Å². The molecule has 0 saturated carbocycles. The van der Waals surface area contributed by atoms with Gasteiger partial charge in [0.25, 0.3) is 5.91 Å². The van der Waals surface area contributed by atoms with Gasteiger partial charge >= 0.3 is 0 Å². The van der Waals surface area contributed by atoms with Crippen LogP contribution in [0.25, 0.3) is 0 Å². The first-order chi connectivity index (χ1) is 9.20. The molecule has 0 aliphatic carbocycles. The SMILES string of the molecule is CNc1ncc(F)cc1C(=O)NCCc1ncn[nH]1. The molecule has 0 radical (unpaired) electrons. The first kappa shape index (κ1) is 12.9. The lowest BCUT2D eigenvalue weighted by Crippen LogP contribution is -2.27. The van der Waals surface area contributed by atoms with Crippen LogP contribution in [-0.2, 0) is 6.42 Å². The molecule has 0 unspecified atom stereocenters. The van der Waals surface area contributed by atoms with Crippen molar-refractivity contribution in [3.63, 3.8) is 0 Å². The molecule has 2 rings (SSSR count). The number of hydrogen-bond acceptors (Lipinski definition) is 5. The molecule has 0 aliphatic heterocycles. The Hall–Kier alpha value is -2.51. The summed E-state index contributed by atoms with van der Waals surface area (Å²) in [6.45, 7) is 0.369. The van der Waals surface area contributed by atoms with Crippen LogP contribution in [0.1, 0.15) is 16.2 Å². The molecule has 2 heterocycles. The molecule has 0 spiro atoms. The number of aromatic amines is 1. The average molecular weight is 264 g/mol. The second kappa shape index (κ2) is 5.89. The van der Waals surface area contributed by atoms with E-state index in [1.165, 1.54) is 6.33 Å². The second-order valence-corrected chi connectivity index (χ2v) is 3.74. The number of carbonyl (C=O) groups excluding carboxylic acids is 1.